The van der Waals surface area contributed by atoms with E-state index >= 15 is 0 Å². The molecule has 0 aliphatic rings. The van der Waals surface area contributed by atoms with Crippen molar-refractivity contribution in [3.05, 3.63) is 69.8 Å². The summed E-state index contributed by atoms with van der Waals surface area (Å²) in [5.74, 6) is 0.687. The number of thiophene rings is 1. The van der Waals surface area contributed by atoms with Gasteiger partial charge in [-0.2, -0.15) is 0 Å². The van der Waals surface area contributed by atoms with Gasteiger partial charge in [-0.3, -0.25) is 10.1 Å². The van der Waals surface area contributed by atoms with Crippen molar-refractivity contribution < 1.29 is 4.92 Å². The molecule has 0 aliphatic carbocycles. The number of benzene rings is 2. The van der Waals surface area contributed by atoms with E-state index in [9.17, 15) is 10.1 Å². The summed E-state index contributed by atoms with van der Waals surface area (Å²) in [6.45, 7) is 8.28. The Labute approximate surface area is 184 Å². The monoisotopic (exact) mass is 433 g/mol. The van der Waals surface area contributed by atoms with E-state index in [1.807, 2.05) is 11.4 Å². The second-order valence-corrected chi connectivity index (χ2v) is 8.01. The van der Waals surface area contributed by atoms with Crippen LogP contribution in [-0.2, 0) is 0 Å². The zero-order chi connectivity index (χ0) is 22.0. The Kier molecular flexibility index (Phi) is 5.81. The van der Waals surface area contributed by atoms with Crippen molar-refractivity contribution in [1.29, 1.82) is 0 Å². The van der Waals surface area contributed by atoms with Crippen molar-refractivity contribution in [1.82, 2.24) is 9.97 Å². The summed E-state index contributed by atoms with van der Waals surface area (Å²) in [5.41, 5.74) is 4.98. The van der Waals surface area contributed by atoms with Crippen LogP contribution in [0.4, 0.5) is 22.9 Å². The average Bonchev–Trinajstić information content (AvgIpc) is 3.22. The van der Waals surface area contributed by atoms with Gasteiger partial charge in [0.2, 0.25) is 0 Å². The number of fused-ring (bicyclic) bond motifs is 1. The predicted octanol–water partition coefficient (Wildman–Crippen LogP) is 6.16. The fourth-order valence-corrected chi connectivity index (χ4v) is 4.59. The van der Waals surface area contributed by atoms with E-state index in [2.05, 4.69) is 59.2 Å². The van der Waals surface area contributed by atoms with Crippen LogP contribution in [0.1, 0.15) is 19.4 Å². The van der Waals surface area contributed by atoms with E-state index in [4.69, 9.17) is 0 Å². The molecule has 0 amide bonds. The molecule has 4 rings (SSSR count). The number of rotatable bonds is 7. The number of anilines is 3. The Morgan fingerprint density at radius 3 is 2.65 bits per heavy atom. The number of nitrogens with one attached hydrogen (secondary N) is 1. The van der Waals surface area contributed by atoms with Crippen LogP contribution in [0.15, 0.2) is 54.2 Å². The predicted molar refractivity (Wildman–Crippen MR) is 128 cm³/mol. The van der Waals surface area contributed by atoms with Crippen LogP contribution in [0.5, 0.6) is 0 Å². The number of nitro groups is 1. The molecule has 0 aliphatic heterocycles. The van der Waals surface area contributed by atoms with Gasteiger partial charge in [-0.1, -0.05) is 12.1 Å². The van der Waals surface area contributed by atoms with Gasteiger partial charge in [0.15, 0.2) is 0 Å². The number of non-ortho nitro benzene ring substituents is 1. The molecule has 2 heterocycles. The van der Waals surface area contributed by atoms with Crippen LogP contribution in [0.3, 0.4) is 0 Å². The van der Waals surface area contributed by atoms with E-state index in [0.29, 0.717) is 5.82 Å². The van der Waals surface area contributed by atoms with Crippen LogP contribution >= 0.6 is 11.3 Å². The molecule has 31 heavy (non-hydrogen) atoms. The third kappa shape index (κ3) is 4.06. The Morgan fingerprint density at radius 1 is 1.13 bits per heavy atom. The summed E-state index contributed by atoms with van der Waals surface area (Å²) < 4.78 is 0. The number of nitrogens with zero attached hydrogens (tertiary/aromatic N) is 4. The van der Waals surface area contributed by atoms with Gasteiger partial charge in [0.05, 0.1) is 10.3 Å². The van der Waals surface area contributed by atoms with Crippen molar-refractivity contribution in [2.75, 3.05) is 23.3 Å². The van der Waals surface area contributed by atoms with Gasteiger partial charge in [0.25, 0.3) is 5.69 Å². The molecule has 8 heteroatoms. The number of nitro benzene ring substituents is 1. The van der Waals surface area contributed by atoms with E-state index in [1.54, 1.807) is 12.1 Å². The summed E-state index contributed by atoms with van der Waals surface area (Å²) in [6.07, 6.45) is 1.54. The van der Waals surface area contributed by atoms with Crippen LogP contribution in [-0.4, -0.2) is 28.0 Å². The summed E-state index contributed by atoms with van der Waals surface area (Å²) in [5, 5.41) is 17.5. The molecule has 2 aromatic carbocycles. The smallest absolute Gasteiger partial charge is 0.270 e. The molecule has 0 saturated heterocycles. The molecule has 158 valence electrons. The fourth-order valence-electron chi connectivity index (χ4n) is 3.67. The molecule has 1 N–H and O–H groups in total. The van der Waals surface area contributed by atoms with Crippen LogP contribution in [0.25, 0.3) is 21.3 Å². The highest BCUT2D eigenvalue weighted by Crippen LogP contribution is 2.38. The van der Waals surface area contributed by atoms with Crippen molar-refractivity contribution >= 4 is 44.4 Å². The molecule has 7 nitrogen and oxygen atoms in total. The van der Waals surface area contributed by atoms with Crippen LogP contribution in [0, 0.1) is 17.0 Å². The average molecular weight is 434 g/mol. The van der Waals surface area contributed by atoms with Crippen molar-refractivity contribution in [2.24, 2.45) is 0 Å². The lowest BCUT2D eigenvalue weighted by atomic mass is 10.1. The van der Waals surface area contributed by atoms with Gasteiger partial charge < -0.3 is 10.2 Å². The SMILES string of the molecule is CCN(CC)c1ccc(Nc2ncnc3scc(-c4cccc([N+](=O)[O-])c4)c23)c(C)c1. The van der Waals surface area contributed by atoms with Gasteiger partial charge in [-0.15, -0.1) is 11.3 Å². The van der Waals surface area contributed by atoms with E-state index < -0.39 is 0 Å². The normalized spacial score (nSPS) is 10.9. The number of hydrogen-bond acceptors (Lipinski definition) is 7. The van der Waals surface area contributed by atoms with E-state index in [-0.39, 0.29) is 10.6 Å². The van der Waals surface area contributed by atoms with Crippen LogP contribution in [0.2, 0.25) is 0 Å². The van der Waals surface area contributed by atoms with Gasteiger partial charge in [-0.05, 0) is 50.1 Å². The van der Waals surface area contributed by atoms with Crippen molar-refractivity contribution in [3.63, 3.8) is 0 Å². The number of hydrogen-bond donors (Lipinski definition) is 1. The standard InChI is InChI=1S/C23H23N5O2S/c1-4-27(5-2)17-9-10-20(15(3)11-17)26-22-21-19(13-31-23(21)25-14-24-22)16-7-6-8-18(12-16)28(29)30/h6-14H,4-5H2,1-3H3,(H,24,25,26). The molecule has 0 radical (unpaired) electrons. The fraction of sp³-hybridized carbons (Fsp3) is 0.217. The summed E-state index contributed by atoms with van der Waals surface area (Å²) in [7, 11) is 0. The van der Waals surface area contributed by atoms with Gasteiger partial charge in [0.1, 0.15) is 17.0 Å². The lowest BCUT2D eigenvalue weighted by Crippen LogP contribution is -2.21. The molecule has 2 aromatic heterocycles. The molecule has 0 atom stereocenters. The van der Waals surface area contributed by atoms with Crippen molar-refractivity contribution in [3.8, 4) is 11.1 Å². The number of aromatic nitrogens is 2. The molecule has 0 saturated carbocycles. The first-order valence-corrected chi connectivity index (χ1v) is 11.0. The van der Waals surface area contributed by atoms with Gasteiger partial charge >= 0.3 is 0 Å². The van der Waals surface area contributed by atoms with Gasteiger partial charge in [-0.25, -0.2) is 9.97 Å². The molecule has 0 fully saturated rings. The Balaban J connectivity index is 1.75. The lowest BCUT2D eigenvalue weighted by Gasteiger charge is -2.22. The number of aryl methyl sites for hydroxylation is 1. The molecule has 0 unspecified atom stereocenters. The highest BCUT2D eigenvalue weighted by molar-refractivity contribution is 7.17. The zero-order valence-corrected chi connectivity index (χ0v) is 18.4. The molecule has 0 spiro atoms. The quantitative estimate of drug-likeness (QED) is 0.277. The largest absolute Gasteiger partial charge is 0.372 e. The maximum Gasteiger partial charge on any atom is 0.270 e. The first kappa shape index (κ1) is 20.7. The van der Waals surface area contributed by atoms with E-state index in [0.717, 1.165) is 45.7 Å². The minimum Gasteiger partial charge on any atom is -0.372 e. The highest BCUT2D eigenvalue weighted by Gasteiger charge is 2.16. The lowest BCUT2D eigenvalue weighted by molar-refractivity contribution is -0.384. The zero-order valence-electron chi connectivity index (χ0n) is 17.6. The third-order valence-electron chi connectivity index (χ3n) is 5.33. The van der Waals surface area contributed by atoms with Gasteiger partial charge in [0, 0.05) is 47.5 Å². The Morgan fingerprint density at radius 2 is 1.94 bits per heavy atom. The topological polar surface area (TPSA) is 84.2 Å². The first-order valence-electron chi connectivity index (χ1n) is 10.1. The van der Waals surface area contributed by atoms with Crippen molar-refractivity contribution in [2.45, 2.75) is 20.8 Å². The third-order valence-corrected chi connectivity index (χ3v) is 6.22. The van der Waals surface area contributed by atoms with E-state index in [1.165, 1.54) is 29.4 Å². The summed E-state index contributed by atoms with van der Waals surface area (Å²) >= 11 is 1.50. The maximum atomic E-state index is 11.2. The summed E-state index contributed by atoms with van der Waals surface area (Å²) in [6, 6.07) is 13.0. The Hall–Kier alpha value is -3.52. The molecular formula is C23H23N5O2S. The van der Waals surface area contributed by atoms with Crippen LogP contribution < -0.4 is 10.2 Å². The first-order chi connectivity index (χ1) is 15.0. The minimum atomic E-state index is -0.380. The second-order valence-electron chi connectivity index (χ2n) is 7.16. The molecule has 4 aromatic rings. The Bertz CT molecular complexity index is 1250. The second kappa shape index (κ2) is 8.69. The maximum absolute atomic E-state index is 11.2. The molecule has 0 bridgehead atoms. The molecular weight excluding hydrogens is 410 g/mol. The highest BCUT2D eigenvalue weighted by atomic mass is 32.1. The summed E-state index contributed by atoms with van der Waals surface area (Å²) in [4.78, 5) is 22.9. The minimum absolute atomic E-state index is 0.0612.